The molecular formula is C22H18Cl2N2O4S. The third-order valence-corrected chi connectivity index (χ3v) is 7.16. The molecule has 0 radical (unpaired) electrons. The number of sulfonamides is 1. The minimum absolute atomic E-state index is 0.00452. The van der Waals surface area contributed by atoms with Crippen LogP contribution in [0, 0.1) is 6.92 Å². The summed E-state index contributed by atoms with van der Waals surface area (Å²) >= 11 is 12.1. The van der Waals surface area contributed by atoms with Crippen molar-refractivity contribution in [1.82, 2.24) is 0 Å². The number of anilines is 2. The third kappa shape index (κ3) is 3.96. The number of fused-ring (bicyclic) bond motifs is 2. The highest BCUT2D eigenvalue weighted by molar-refractivity contribution is 7.92. The number of rotatable bonds is 4. The van der Waals surface area contributed by atoms with E-state index in [0.29, 0.717) is 34.3 Å². The van der Waals surface area contributed by atoms with Crippen LogP contribution in [-0.2, 0) is 10.0 Å². The van der Waals surface area contributed by atoms with Gasteiger partial charge in [-0.05, 0) is 61.9 Å². The molecular weight excluding hydrogens is 459 g/mol. The number of nitrogens with one attached hydrogen (secondary N) is 1. The van der Waals surface area contributed by atoms with Crippen LogP contribution in [0.5, 0.6) is 11.5 Å². The molecule has 0 spiro atoms. The van der Waals surface area contributed by atoms with Crippen molar-refractivity contribution in [2.45, 2.75) is 18.7 Å². The molecule has 0 aliphatic carbocycles. The van der Waals surface area contributed by atoms with Crippen LogP contribution < -0.4 is 14.4 Å². The van der Waals surface area contributed by atoms with Gasteiger partial charge in [0, 0.05) is 17.3 Å². The molecule has 0 aromatic heterocycles. The van der Waals surface area contributed by atoms with Crippen molar-refractivity contribution >= 4 is 50.5 Å². The van der Waals surface area contributed by atoms with Gasteiger partial charge in [0.25, 0.3) is 15.9 Å². The van der Waals surface area contributed by atoms with E-state index in [1.165, 1.54) is 24.3 Å². The van der Waals surface area contributed by atoms with Crippen molar-refractivity contribution in [3.63, 3.8) is 0 Å². The molecule has 3 aromatic carbocycles. The Bertz CT molecular complexity index is 1310. The first-order chi connectivity index (χ1) is 14.7. The molecule has 9 heteroatoms. The van der Waals surface area contributed by atoms with Gasteiger partial charge >= 0.3 is 0 Å². The Morgan fingerprint density at radius 3 is 2.48 bits per heavy atom. The van der Waals surface area contributed by atoms with Crippen LogP contribution >= 0.6 is 23.2 Å². The number of hydrogen-bond donors (Lipinski definition) is 1. The van der Waals surface area contributed by atoms with Gasteiger partial charge in [-0.15, -0.1) is 0 Å². The molecule has 0 fully saturated rings. The second-order valence-electron chi connectivity index (χ2n) is 6.97. The van der Waals surface area contributed by atoms with E-state index < -0.39 is 10.0 Å². The number of carbonyl (C=O) groups is 1. The van der Waals surface area contributed by atoms with Crippen LogP contribution in [-0.4, -0.2) is 20.9 Å². The predicted octanol–water partition coefficient (Wildman–Crippen LogP) is 5.88. The van der Waals surface area contributed by atoms with Crippen LogP contribution in [0.3, 0.4) is 0 Å². The molecule has 1 heterocycles. The molecule has 0 atom stereocenters. The highest BCUT2D eigenvalue weighted by Crippen LogP contribution is 2.40. The fraction of sp³-hybridized carbons (Fsp3) is 0.136. The summed E-state index contributed by atoms with van der Waals surface area (Å²) in [6.07, 6.45) is 0. The SMILES string of the molecule is CCN1C(=O)c2cc(NS(=O)(=O)c3cc(C)c(Cl)cc3Cl)ccc2Oc2ccccc21. The smallest absolute Gasteiger partial charge is 0.263 e. The zero-order valence-corrected chi connectivity index (χ0v) is 19.0. The van der Waals surface area contributed by atoms with Crippen molar-refractivity contribution in [3.8, 4) is 11.5 Å². The summed E-state index contributed by atoms with van der Waals surface area (Å²) in [6.45, 7) is 3.97. The lowest BCUT2D eigenvalue weighted by atomic mass is 10.1. The first-order valence-corrected chi connectivity index (χ1v) is 11.7. The average Bonchev–Trinajstić information content (AvgIpc) is 2.84. The van der Waals surface area contributed by atoms with Crippen molar-refractivity contribution < 1.29 is 17.9 Å². The quantitative estimate of drug-likeness (QED) is 0.510. The zero-order valence-electron chi connectivity index (χ0n) is 16.6. The fourth-order valence-electron chi connectivity index (χ4n) is 3.35. The van der Waals surface area contributed by atoms with Crippen LogP contribution in [0.25, 0.3) is 0 Å². The van der Waals surface area contributed by atoms with E-state index in [-0.39, 0.29) is 27.1 Å². The van der Waals surface area contributed by atoms with Crippen molar-refractivity contribution in [2.24, 2.45) is 0 Å². The van der Waals surface area contributed by atoms with E-state index in [1.807, 2.05) is 19.1 Å². The van der Waals surface area contributed by atoms with Crippen molar-refractivity contribution in [3.05, 3.63) is 75.8 Å². The Morgan fingerprint density at radius 1 is 1.00 bits per heavy atom. The molecule has 3 aromatic rings. The molecule has 1 aliphatic heterocycles. The Balaban J connectivity index is 1.73. The van der Waals surface area contributed by atoms with E-state index in [9.17, 15) is 13.2 Å². The standard InChI is InChI=1S/C22H18Cl2N2O4S/c1-3-26-18-6-4-5-7-20(18)30-19-9-8-14(11-15(19)22(26)27)25-31(28,29)21-10-13(2)16(23)12-17(21)24/h4-12,25H,3H2,1-2H3. The van der Waals surface area contributed by atoms with Crippen molar-refractivity contribution in [2.75, 3.05) is 16.2 Å². The summed E-state index contributed by atoms with van der Waals surface area (Å²) in [7, 11) is -4.02. The van der Waals surface area contributed by atoms with Gasteiger partial charge in [0.2, 0.25) is 0 Å². The van der Waals surface area contributed by atoms with Crippen LogP contribution in [0.2, 0.25) is 10.0 Å². The van der Waals surface area contributed by atoms with E-state index >= 15 is 0 Å². The van der Waals surface area contributed by atoms with Gasteiger partial charge in [0.1, 0.15) is 10.6 Å². The predicted molar refractivity (Wildman–Crippen MR) is 122 cm³/mol. The molecule has 0 unspecified atom stereocenters. The summed E-state index contributed by atoms with van der Waals surface area (Å²) in [5, 5.41) is 0.376. The van der Waals surface area contributed by atoms with Gasteiger partial charge in [0.05, 0.1) is 16.3 Å². The molecule has 0 saturated carbocycles. The Kier molecular flexibility index (Phi) is 5.60. The largest absolute Gasteiger partial charge is 0.454 e. The summed E-state index contributed by atoms with van der Waals surface area (Å²) in [6, 6.07) is 14.6. The average molecular weight is 477 g/mol. The number of aryl methyl sites for hydroxylation is 1. The van der Waals surface area contributed by atoms with Crippen LogP contribution in [0.1, 0.15) is 22.8 Å². The molecule has 0 saturated heterocycles. The van der Waals surface area contributed by atoms with E-state index in [0.717, 1.165) is 0 Å². The molecule has 31 heavy (non-hydrogen) atoms. The highest BCUT2D eigenvalue weighted by atomic mass is 35.5. The minimum atomic E-state index is -4.02. The summed E-state index contributed by atoms with van der Waals surface area (Å²) < 4.78 is 34.3. The number of benzene rings is 3. The topological polar surface area (TPSA) is 75.7 Å². The maximum absolute atomic E-state index is 13.2. The summed E-state index contributed by atoms with van der Waals surface area (Å²) in [4.78, 5) is 14.7. The Labute approximate surface area is 190 Å². The van der Waals surface area contributed by atoms with Gasteiger partial charge in [-0.25, -0.2) is 8.42 Å². The van der Waals surface area contributed by atoms with Crippen molar-refractivity contribution in [1.29, 1.82) is 0 Å². The van der Waals surface area contributed by atoms with E-state index in [4.69, 9.17) is 27.9 Å². The van der Waals surface area contributed by atoms with Gasteiger partial charge < -0.3 is 9.64 Å². The highest BCUT2D eigenvalue weighted by Gasteiger charge is 2.28. The normalized spacial score (nSPS) is 13.2. The maximum atomic E-state index is 13.2. The molecule has 0 bridgehead atoms. The molecule has 1 N–H and O–H groups in total. The number of halogens is 2. The third-order valence-electron chi connectivity index (χ3n) is 4.90. The molecule has 160 valence electrons. The van der Waals surface area contributed by atoms with Crippen LogP contribution in [0.15, 0.2) is 59.5 Å². The lowest BCUT2D eigenvalue weighted by molar-refractivity contribution is 0.0988. The van der Waals surface area contributed by atoms with Gasteiger partial charge in [-0.3, -0.25) is 9.52 Å². The minimum Gasteiger partial charge on any atom is -0.454 e. The number of para-hydroxylation sites is 2. The molecule has 4 rings (SSSR count). The Morgan fingerprint density at radius 2 is 1.74 bits per heavy atom. The second kappa shape index (κ2) is 8.07. The van der Waals surface area contributed by atoms with Gasteiger partial charge in [-0.1, -0.05) is 35.3 Å². The summed E-state index contributed by atoms with van der Waals surface area (Å²) in [5.74, 6) is 0.605. The monoisotopic (exact) mass is 476 g/mol. The van der Waals surface area contributed by atoms with E-state index in [2.05, 4.69) is 4.72 Å². The maximum Gasteiger partial charge on any atom is 0.263 e. The number of amides is 1. The second-order valence-corrected chi connectivity index (χ2v) is 9.43. The Hall–Kier alpha value is -2.74. The fourth-order valence-corrected chi connectivity index (χ4v) is 5.23. The number of hydrogen-bond acceptors (Lipinski definition) is 4. The number of ether oxygens (including phenoxy) is 1. The lowest BCUT2D eigenvalue weighted by Crippen LogP contribution is -2.29. The molecule has 1 aliphatic rings. The first-order valence-electron chi connectivity index (χ1n) is 9.42. The van der Waals surface area contributed by atoms with E-state index in [1.54, 1.807) is 30.0 Å². The van der Waals surface area contributed by atoms with Gasteiger partial charge in [0.15, 0.2) is 5.75 Å². The van der Waals surface area contributed by atoms with Gasteiger partial charge in [-0.2, -0.15) is 0 Å². The zero-order chi connectivity index (χ0) is 22.3. The first kappa shape index (κ1) is 21.5. The number of nitrogens with zero attached hydrogens (tertiary/aromatic N) is 1. The lowest BCUT2D eigenvalue weighted by Gasteiger charge is -2.20. The molecule has 6 nitrogen and oxygen atoms in total. The van der Waals surface area contributed by atoms with Crippen LogP contribution in [0.4, 0.5) is 11.4 Å². The molecule has 1 amide bonds. The summed E-state index contributed by atoms with van der Waals surface area (Å²) in [5.41, 5.74) is 1.68. The number of carbonyl (C=O) groups excluding carboxylic acids is 1.